The normalized spacial score (nSPS) is 21.8. The monoisotopic (exact) mass is 381 g/mol. The van der Waals surface area contributed by atoms with Crippen molar-refractivity contribution in [1.29, 1.82) is 0 Å². The Morgan fingerprint density at radius 2 is 1.79 bits per heavy atom. The second-order valence-electron chi connectivity index (χ2n) is 7.74. The molecule has 0 bridgehead atoms. The molecule has 1 fully saturated rings. The summed E-state index contributed by atoms with van der Waals surface area (Å²) in [6.45, 7) is 4.80. The first kappa shape index (κ1) is 19.0. The minimum Gasteiger partial charge on any atom is -0.448 e. The first-order valence-corrected chi connectivity index (χ1v) is 9.97. The van der Waals surface area contributed by atoms with Crippen LogP contribution in [-0.4, -0.2) is 54.1 Å². The molecule has 28 heavy (non-hydrogen) atoms. The van der Waals surface area contributed by atoms with Gasteiger partial charge in [0, 0.05) is 12.5 Å². The number of hydrogen-bond acceptors (Lipinski definition) is 4. The molecule has 4 rings (SSSR count). The number of carbonyl (C=O) groups is 1. The zero-order valence-electron chi connectivity index (χ0n) is 16.4. The Hall–Kier alpha value is -2.37. The third kappa shape index (κ3) is 3.52. The number of rotatable bonds is 5. The molecule has 0 aromatic heterocycles. The third-order valence-electron chi connectivity index (χ3n) is 5.77. The Morgan fingerprint density at radius 3 is 2.32 bits per heavy atom. The molecule has 1 aliphatic carbocycles. The zero-order valence-corrected chi connectivity index (χ0v) is 16.4. The van der Waals surface area contributed by atoms with Crippen LogP contribution in [0.4, 0.5) is 4.79 Å². The molecular weight excluding hydrogens is 354 g/mol. The predicted molar refractivity (Wildman–Crippen MR) is 107 cm³/mol. The van der Waals surface area contributed by atoms with E-state index in [1.165, 1.54) is 22.3 Å². The number of benzene rings is 2. The number of aliphatic hydroxyl groups is 1. The Morgan fingerprint density at radius 1 is 1.18 bits per heavy atom. The van der Waals surface area contributed by atoms with Crippen LogP contribution >= 0.6 is 0 Å². The summed E-state index contributed by atoms with van der Waals surface area (Å²) in [5.41, 5.74) is 4.79. The van der Waals surface area contributed by atoms with Crippen molar-refractivity contribution in [3.63, 3.8) is 0 Å². The SMILES string of the molecule is CC(O)CN(C(=O)OCC1c2ccccc2-c2ccccc21)C1CCOC1C. The summed E-state index contributed by atoms with van der Waals surface area (Å²) in [6.07, 6.45) is -0.296. The van der Waals surface area contributed by atoms with Crippen molar-refractivity contribution in [2.45, 2.75) is 44.4 Å². The van der Waals surface area contributed by atoms with Gasteiger partial charge in [0.25, 0.3) is 0 Å². The summed E-state index contributed by atoms with van der Waals surface area (Å²) < 4.78 is 11.4. The lowest BCUT2D eigenvalue weighted by Crippen LogP contribution is -2.47. The number of aliphatic hydroxyl groups excluding tert-OH is 1. The number of carbonyl (C=O) groups excluding carboxylic acids is 1. The number of fused-ring (bicyclic) bond motifs is 3. The van der Waals surface area contributed by atoms with Crippen LogP contribution in [-0.2, 0) is 9.47 Å². The quantitative estimate of drug-likeness (QED) is 0.856. The fraction of sp³-hybridized carbons (Fsp3) is 0.435. The van der Waals surface area contributed by atoms with Gasteiger partial charge in [-0.1, -0.05) is 48.5 Å². The van der Waals surface area contributed by atoms with Gasteiger partial charge in [-0.2, -0.15) is 0 Å². The molecule has 3 unspecified atom stereocenters. The van der Waals surface area contributed by atoms with E-state index in [-0.39, 0.29) is 37.3 Å². The molecule has 0 saturated carbocycles. The molecule has 0 spiro atoms. The van der Waals surface area contributed by atoms with Crippen LogP contribution in [0.5, 0.6) is 0 Å². The van der Waals surface area contributed by atoms with E-state index in [9.17, 15) is 9.90 Å². The second kappa shape index (κ2) is 7.94. The highest BCUT2D eigenvalue weighted by atomic mass is 16.6. The van der Waals surface area contributed by atoms with Gasteiger partial charge in [0.15, 0.2) is 0 Å². The number of hydrogen-bond donors (Lipinski definition) is 1. The van der Waals surface area contributed by atoms with Crippen molar-refractivity contribution in [2.75, 3.05) is 19.8 Å². The molecule has 1 amide bonds. The molecule has 1 aliphatic heterocycles. The first-order chi connectivity index (χ1) is 13.6. The lowest BCUT2D eigenvalue weighted by Gasteiger charge is -2.31. The summed E-state index contributed by atoms with van der Waals surface area (Å²) in [7, 11) is 0. The average Bonchev–Trinajstić information content (AvgIpc) is 3.25. The summed E-state index contributed by atoms with van der Waals surface area (Å²) in [5, 5.41) is 9.87. The maximum atomic E-state index is 12.9. The van der Waals surface area contributed by atoms with E-state index in [4.69, 9.17) is 9.47 Å². The molecule has 1 N–H and O–H groups in total. The van der Waals surface area contributed by atoms with E-state index in [0.717, 1.165) is 6.42 Å². The highest BCUT2D eigenvalue weighted by Crippen LogP contribution is 2.44. The highest BCUT2D eigenvalue weighted by molar-refractivity contribution is 5.79. The number of ether oxygens (including phenoxy) is 2. The van der Waals surface area contributed by atoms with Crippen LogP contribution in [0, 0.1) is 0 Å². The van der Waals surface area contributed by atoms with E-state index in [2.05, 4.69) is 24.3 Å². The van der Waals surface area contributed by atoms with Crippen LogP contribution < -0.4 is 0 Å². The zero-order chi connectivity index (χ0) is 19.7. The van der Waals surface area contributed by atoms with Gasteiger partial charge in [0.2, 0.25) is 0 Å². The molecule has 2 aromatic carbocycles. The third-order valence-corrected chi connectivity index (χ3v) is 5.77. The van der Waals surface area contributed by atoms with Crippen molar-refractivity contribution in [3.8, 4) is 11.1 Å². The van der Waals surface area contributed by atoms with Crippen molar-refractivity contribution < 1.29 is 19.4 Å². The van der Waals surface area contributed by atoms with Crippen molar-refractivity contribution in [2.24, 2.45) is 0 Å². The van der Waals surface area contributed by atoms with Crippen molar-refractivity contribution >= 4 is 6.09 Å². The first-order valence-electron chi connectivity index (χ1n) is 9.97. The van der Waals surface area contributed by atoms with Crippen LogP contribution in [0.1, 0.15) is 37.3 Å². The standard InChI is InChI=1S/C23H27NO4/c1-15(25)13-24(22-11-12-27-16(22)2)23(26)28-14-21-19-9-5-3-7-17(19)18-8-4-6-10-20(18)21/h3-10,15-16,21-22,25H,11-14H2,1-2H3. The molecule has 3 atom stereocenters. The van der Waals surface area contributed by atoms with Gasteiger partial charge in [-0.3, -0.25) is 4.90 Å². The molecule has 2 aromatic rings. The molecule has 2 aliphatic rings. The maximum Gasteiger partial charge on any atom is 0.410 e. The van der Waals surface area contributed by atoms with Gasteiger partial charge in [-0.25, -0.2) is 4.79 Å². The lowest BCUT2D eigenvalue weighted by atomic mass is 9.98. The Kier molecular flexibility index (Phi) is 5.38. The summed E-state index contributed by atoms with van der Waals surface area (Å²) in [4.78, 5) is 14.6. The Bertz CT molecular complexity index is 805. The molecular formula is C23H27NO4. The minimum absolute atomic E-state index is 0.0296. The fourth-order valence-electron chi connectivity index (χ4n) is 4.44. The van der Waals surface area contributed by atoms with Gasteiger partial charge >= 0.3 is 6.09 Å². The lowest BCUT2D eigenvalue weighted by molar-refractivity contribution is 0.0337. The molecule has 148 valence electrons. The highest BCUT2D eigenvalue weighted by Gasteiger charge is 2.36. The fourth-order valence-corrected chi connectivity index (χ4v) is 4.44. The summed E-state index contributed by atoms with van der Waals surface area (Å²) in [5.74, 6) is 0.0296. The van der Waals surface area contributed by atoms with Gasteiger partial charge in [0.05, 0.1) is 24.8 Å². The number of nitrogens with zero attached hydrogens (tertiary/aromatic N) is 1. The molecule has 5 nitrogen and oxygen atoms in total. The van der Waals surface area contributed by atoms with E-state index in [0.29, 0.717) is 6.61 Å². The topological polar surface area (TPSA) is 59.0 Å². The minimum atomic E-state index is -0.617. The summed E-state index contributed by atoms with van der Waals surface area (Å²) in [6, 6.07) is 16.5. The molecule has 1 saturated heterocycles. The van der Waals surface area contributed by atoms with E-state index >= 15 is 0 Å². The van der Waals surface area contributed by atoms with Gasteiger partial charge in [-0.05, 0) is 42.5 Å². The van der Waals surface area contributed by atoms with E-state index < -0.39 is 6.10 Å². The van der Waals surface area contributed by atoms with Gasteiger partial charge in [-0.15, -0.1) is 0 Å². The van der Waals surface area contributed by atoms with Crippen LogP contribution in [0.25, 0.3) is 11.1 Å². The molecule has 5 heteroatoms. The smallest absolute Gasteiger partial charge is 0.410 e. The maximum absolute atomic E-state index is 12.9. The van der Waals surface area contributed by atoms with Crippen LogP contribution in [0.2, 0.25) is 0 Å². The van der Waals surface area contributed by atoms with Crippen LogP contribution in [0.3, 0.4) is 0 Å². The largest absolute Gasteiger partial charge is 0.448 e. The summed E-state index contributed by atoms with van der Waals surface area (Å²) >= 11 is 0. The number of amides is 1. The molecule has 0 radical (unpaired) electrons. The average molecular weight is 381 g/mol. The van der Waals surface area contributed by atoms with Crippen molar-refractivity contribution in [3.05, 3.63) is 59.7 Å². The van der Waals surface area contributed by atoms with Gasteiger partial charge < -0.3 is 14.6 Å². The molecule has 1 heterocycles. The van der Waals surface area contributed by atoms with E-state index in [1.54, 1.807) is 11.8 Å². The van der Waals surface area contributed by atoms with Gasteiger partial charge in [0.1, 0.15) is 6.61 Å². The second-order valence-corrected chi connectivity index (χ2v) is 7.74. The van der Waals surface area contributed by atoms with Crippen LogP contribution in [0.15, 0.2) is 48.5 Å². The van der Waals surface area contributed by atoms with Crippen molar-refractivity contribution in [1.82, 2.24) is 4.90 Å². The Labute approximate surface area is 165 Å². The predicted octanol–water partition coefficient (Wildman–Crippen LogP) is 3.80. The Balaban J connectivity index is 1.52. The van der Waals surface area contributed by atoms with E-state index in [1.807, 2.05) is 31.2 Å².